The Bertz CT molecular complexity index is 1920. The molecule has 244 valence electrons. The normalized spacial score (nSPS) is 16.3. The van der Waals surface area contributed by atoms with Crippen LogP contribution in [0.1, 0.15) is 56.9 Å². The number of furan rings is 1. The second kappa shape index (κ2) is 14.7. The van der Waals surface area contributed by atoms with Crippen molar-refractivity contribution in [1.82, 2.24) is 14.6 Å². The van der Waals surface area contributed by atoms with Crippen LogP contribution in [0.5, 0.6) is 0 Å². The Hall–Kier alpha value is -4.86. The van der Waals surface area contributed by atoms with E-state index in [1.54, 1.807) is 72.5 Å². The molecule has 0 spiro atoms. The van der Waals surface area contributed by atoms with Crippen LogP contribution < -0.4 is 10.0 Å². The van der Waals surface area contributed by atoms with Crippen LogP contribution in [0.25, 0.3) is 0 Å². The van der Waals surface area contributed by atoms with Crippen LogP contribution in [0.15, 0.2) is 94.7 Å². The SMILES string of the molecule is Cc1ccoc1C(=O)Nc1cccc(C#Cc2cncc(C(=O)NS(=O)(=CCCN3CCCC(C(F)(F)F)C3)c3ccccc3)c2)c1. The third kappa shape index (κ3) is 8.90. The van der Waals surface area contributed by atoms with Crippen molar-refractivity contribution in [2.24, 2.45) is 5.92 Å². The number of aryl methyl sites for hydroxylation is 1. The predicted octanol–water partition coefficient (Wildman–Crippen LogP) is 6.09. The Balaban J connectivity index is 1.29. The molecule has 8 nitrogen and oxygen atoms in total. The van der Waals surface area contributed by atoms with Gasteiger partial charge < -0.3 is 14.6 Å². The summed E-state index contributed by atoms with van der Waals surface area (Å²) < 4.78 is 61.9. The number of nitrogens with zero attached hydrogens (tertiary/aromatic N) is 2. The number of pyridine rings is 1. The zero-order valence-electron chi connectivity index (χ0n) is 25.5. The number of halogens is 3. The molecule has 5 rings (SSSR count). The molecule has 2 aromatic carbocycles. The van der Waals surface area contributed by atoms with E-state index in [1.165, 1.54) is 30.1 Å². The van der Waals surface area contributed by atoms with Crippen molar-refractivity contribution in [2.75, 3.05) is 25.0 Å². The highest BCUT2D eigenvalue weighted by Crippen LogP contribution is 2.33. The number of alkyl halides is 3. The molecule has 2 N–H and O–H groups in total. The van der Waals surface area contributed by atoms with Gasteiger partial charge in [-0.3, -0.25) is 19.3 Å². The first-order valence-electron chi connectivity index (χ1n) is 15.0. The molecule has 0 aliphatic carbocycles. The average Bonchev–Trinajstić information content (AvgIpc) is 3.50. The molecule has 4 aromatic rings. The van der Waals surface area contributed by atoms with Gasteiger partial charge in [0.2, 0.25) is 0 Å². The highest BCUT2D eigenvalue weighted by atomic mass is 32.2. The van der Waals surface area contributed by atoms with Crippen molar-refractivity contribution in [2.45, 2.75) is 37.3 Å². The number of nitrogens with one attached hydrogen (secondary N) is 2. The van der Waals surface area contributed by atoms with E-state index in [1.807, 2.05) is 0 Å². The first-order valence-corrected chi connectivity index (χ1v) is 16.6. The number of carbonyl (C=O) groups excluding carboxylic acids is 2. The number of anilines is 1. The van der Waals surface area contributed by atoms with Crippen LogP contribution >= 0.6 is 0 Å². The van der Waals surface area contributed by atoms with E-state index in [4.69, 9.17) is 4.42 Å². The van der Waals surface area contributed by atoms with Crippen molar-refractivity contribution in [3.63, 3.8) is 0 Å². The molecule has 2 atom stereocenters. The van der Waals surface area contributed by atoms with E-state index in [0.29, 0.717) is 40.2 Å². The number of amides is 2. The fourth-order valence-electron chi connectivity index (χ4n) is 5.19. The van der Waals surface area contributed by atoms with Crippen LogP contribution in [0.4, 0.5) is 18.9 Å². The van der Waals surface area contributed by atoms with Crippen LogP contribution in [0.2, 0.25) is 0 Å². The zero-order chi connectivity index (χ0) is 33.4. The number of rotatable bonds is 8. The minimum Gasteiger partial charge on any atom is -0.459 e. The topological polar surface area (TPSA) is 105 Å². The Morgan fingerprint density at radius 3 is 2.57 bits per heavy atom. The van der Waals surface area contributed by atoms with E-state index < -0.39 is 27.7 Å². The fraction of sp³-hybridized carbons (Fsp3) is 0.257. The number of carbonyl (C=O) groups is 2. The number of aromatic nitrogens is 1. The van der Waals surface area contributed by atoms with Gasteiger partial charge in [0.05, 0.1) is 27.5 Å². The first kappa shape index (κ1) is 33.5. The summed E-state index contributed by atoms with van der Waals surface area (Å²) in [6.45, 7) is 2.49. The Kier molecular flexibility index (Phi) is 10.5. The van der Waals surface area contributed by atoms with E-state index >= 15 is 0 Å². The van der Waals surface area contributed by atoms with Crippen LogP contribution in [-0.4, -0.2) is 57.1 Å². The molecule has 12 heteroatoms. The maximum absolute atomic E-state index is 14.2. The summed E-state index contributed by atoms with van der Waals surface area (Å²) in [4.78, 5) is 32.1. The third-order valence-electron chi connectivity index (χ3n) is 7.64. The summed E-state index contributed by atoms with van der Waals surface area (Å²) in [5, 5.41) is 4.26. The molecule has 3 heterocycles. The van der Waals surface area contributed by atoms with Gasteiger partial charge >= 0.3 is 6.18 Å². The van der Waals surface area contributed by atoms with E-state index in [0.717, 1.165) is 0 Å². The van der Waals surface area contributed by atoms with Gasteiger partial charge in [-0.1, -0.05) is 36.1 Å². The van der Waals surface area contributed by atoms with Crippen LogP contribution in [-0.2, 0) is 9.71 Å². The lowest BCUT2D eigenvalue weighted by atomic mass is 9.97. The highest BCUT2D eigenvalue weighted by molar-refractivity contribution is 8.00. The summed E-state index contributed by atoms with van der Waals surface area (Å²) in [6, 6.07) is 18.6. The molecule has 1 aliphatic heterocycles. The van der Waals surface area contributed by atoms with Gasteiger partial charge in [0.25, 0.3) is 11.8 Å². The summed E-state index contributed by atoms with van der Waals surface area (Å²) in [5.41, 5.74) is 2.40. The average molecular weight is 663 g/mol. The minimum atomic E-state index is -4.25. The van der Waals surface area contributed by atoms with Crippen molar-refractivity contribution >= 4 is 32.6 Å². The monoisotopic (exact) mass is 662 g/mol. The van der Waals surface area contributed by atoms with Gasteiger partial charge in [-0.2, -0.15) is 13.2 Å². The van der Waals surface area contributed by atoms with Crippen molar-refractivity contribution in [1.29, 1.82) is 0 Å². The second-order valence-corrected chi connectivity index (χ2v) is 13.4. The van der Waals surface area contributed by atoms with E-state index in [9.17, 15) is 27.0 Å². The van der Waals surface area contributed by atoms with E-state index in [-0.39, 0.29) is 43.2 Å². The molecule has 0 bridgehead atoms. The molecule has 0 radical (unpaired) electrons. The molecule has 47 heavy (non-hydrogen) atoms. The number of likely N-dealkylation sites (tertiary alicyclic amines) is 1. The van der Waals surface area contributed by atoms with Gasteiger partial charge in [0.1, 0.15) is 0 Å². The van der Waals surface area contributed by atoms with Gasteiger partial charge in [0.15, 0.2) is 5.76 Å². The summed E-state index contributed by atoms with van der Waals surface area (Å²) in [6.07, 6.45) is 0.780. The summed E-state index contributed by atoms with van der Waals surface area (Å²) in [7, 11) is -3.24. The third-order valence-corrected chi connectivity index (χ3v) is 9.81. The van der Waals surface area contributed by atoms with Gasteiger partial charge in [-0.15, -0.1) is 0 Å². The van der Waals surface area contributed by atoms with Crippen LogP contribution in [0, 0.1) is 24.7 Å². The predicted molar refractivity (Wildman–Crippen MR) is 174 cm³/mol. The highest BCUT2D eigenvalue weighted by Gasteiger charge is 2.41. The quantitative estimate of drug-likeness (QED) is 0.175. The minimum absolute atomic E-state index is 0.0979. The standard InChI is InChI=1S/C35H33F3N4O4S/c1-25-15-18-46-32(25)34(44)40-30-10-5-8-26(21-30)13-14-27-20-28(23-39-22-27)33(43)41-47(45,31-11-3-2-4-12-31)19-7-17-42-16-6-9-29(24-42)35(36,37)38/h2-5,8,10-12,15,18-23,29H,6-7,9,16-17,24H2,1H3,(H,40,44)(H,41,43,45). The lowest BCUT2D eigenvalue weighted by Crippen LogP contribution is -2.42. The molecule has 2 amide bonds. The largest absolute Gasteiger partial charge is 0.459 e. The smallest absolute Gasteiger partial charge is 0.393 e. The number of hydrogen-bond acceptors (Lipinski definition) is 6. The first-order chi connectivity index (χ1) is 22.5. The second-order valence-electron chi connectivity index (χ2n) is 11.2. The Labute approximate surface area is 271 Å². The maximum atomic E-state index is 14.2. The summed E-state index contributed by atoms with van der Waals surface area (Å²) >= 11 is 0. The van der Waals surface area contributed by atoms with Gasteiger partial charge in [0, 0.05) is 52.8 Å². The Morgan fingerprint density at radius 1 is 1.04 bits per heavy atom. The number of hydrogen-bond donors (Lipinski definition) is 2. The lowest BCUT2D eigenvalue weighted by Gasteiger charge is -2.33. The number of piperidine rings is 1. The Morgan fingerprint density at radius 2 is 1.83 bits per heavy atom. The zero-order valence-corrected chi connectivity index (χ0v) is 26.4. The van der Waals surface area contributed by atoms with Gasteiger partial charge in [-0.25, -0.2) is 4.21 Å². The number of benzene rings is 2. The molecule has 1 fully saturated rings. The van der Waals surface area contributed by atoms with Crippen molar-refractivity contribution in [3.05, 3.63) is 113 Å². The van der Waals surface area contributed by atoms with Gasteiger partial charge in [-0.05, 0) is 80.6 Å². The lowest BCUT2D eigenvalue weighted by molar-refractivity contribution is -0.186. The van der Waals surface area contributed by atoms with Crippen molar-refractivity contribution in [3.8, 4) is 11.8 Å². The molecule has 1 aliphatic rings. The molecule has 2 unspecified atom stereocenters. The summed E-state index contributed by atoms with van der Waals surface area (Å²) in [5.74, 6) is 3.78. The molecule has 0 saturated carbocycles. The molecular weight excluding hydrogens is 629 g/mol. The fourth-order valence-corrected chi connectivity index (χ4v) is 6.97. The molecular formula is C35H33F3N4O4S. The molecule has 2 aromatic heterocycles. The van der Waals surface area contributed by atoms with E-state index in [2.05, 4.69) is 26.9 Å². The molecule has 1 saturated heterocycles. The maximum Gasteiger partial charge on any atom is 0.393 e. The van der Waals surface area contributed by atoms with Crippen LogP contribution in [0.3, 0.4) is 0 Å². The van der Waals surface area contributed by atoms with Crippen molar-refractivity contribution < 1.29 is 31.4 Å².